The highest BCUT2D eigenvalue weighted by Gasteiger charge is 2.27. The third kappa shape index (κ3) is 4.00. The van der Waals surface area contributed by atoms with E-state index in [9.17, 15) is 9.18 Å². The van der Waals surface area contributed by atoms with E-state index in [2.05, 4.69) is 5.32 Å². The zero-order valence-electron chi connectivity index (χ0n) is 9.93. The second-order valence-electron chi connectivity index (χ2n) is 4.43. The normalized spacial score (nSPS) is 16.3. The van der Waals surface area contributed by atoms with Crippen molar-refractivity contribution < 1.29 is 19.0 Å². The highest BCUT2D eigenvalue weighted by Crippen LogP contribution is 2.20. The van der Waals surface area contributed by atoms with Gasteiger partial charge in [-0.15, -0.1) is 0 Å². The van der Waals surface area contributed by atoms with Gasteiger partial charge < -0.3 is 15.2 Å². The Morgan fingerprint density at radius 2 is 2.33 bits per heavy atom. The molecule has 1 saturated carbocycles. The Morgan fingerprint density at radius 1 is 1.56 bits per heavy atom. The van der Waals surface area contributed by atoms with E-state index >= 15 is 0 Å². The third-order valence-electron chi connectivity index (χ3n) is 2.78. The summed E-state index contributed by atoms with van der Waals surface area (Å²) in [6, 6.07) is 5.56. The van der Waals surface area contributed by atoms with Crippen LogP contribution < -0.4 is 10.1 Å². The number of ether oxygens (including phenoxy) is 1. The summed E-state index contributed by atoms with van der Waals surface area (Å²) in [7, 11) is 0. The minimum absolute atomic E-state index is 0.250. The maximum Gasteiger partial charge on any atom is 0.320 e. The molecule has 1 aromatic carbocycles. The molecule has 0 heterocycles. The molecule has 1 unspecified atom stereocenters. The Balaban J connectivity index is 1.77. The Bertz CT molecular complexity index is 420. The van der Waals surface area contributed by atoms with E-state index in [0.717, 1.165) is 12.8 Å². The van der Waals surface area contributed by atoms with Crippen LogP contribution in [-0.4, -0.2) is 29.8 Å². The van der Waals surface area contributed by atoms with E-state index in [4.69, 9.17) is 9.84 Å². The first-order chi connectivity index (χ1) is 8.65. The van der Waals surface area contributed by atoms with Crippen molar-refractivity contribution in [3.63, 3.8) is 0 Å². The van der Waals surface area contributed by atoms with Crippen LogP contribution in [0.4, 0.5) is 4.39 Å². The van der Waals surface area contributed by atoms with Crippen LogP contribution in [0.3, 0.4) is 0 Å². The Labute approximate surface area is 105 Å². The number of benzene rings is 1. The number of hydrogen-bond donors (Lipinski definition) is 2. The van der Waals surface area contributed by atoms with Crippen molar-refractivity contribution in [2.75, 3.05) is 6.61 Å². The van der Waals surface area contributed by atoms with Gasteiger partial charge in [0.2, 0.25) is 0 Å². The molecule has 2 rings (SSSR count). The van der Waals surface area contributed by atoms with Gasteiger partial charge in [0, 0.05) is 18.5 Å². The summed E-state index contributed by atoms with van der Waals surface area (Å²) in [5, 5.41) is 12.0. The zero-order valence-corrected chi connectivity index (χ0v) is 9.93. The molecule has 1 aliphatic rings. The maximum atomic E-state index is 12.9. The average Bonchev–Trinajstić information content (AvgIpc) is 3.11. The average molecular weight is 253 g/mol. The van der Waals surface area contributed by atoms with Gasteiger partial charge in [-0.05, 0) is 25.0 Å². The van der Waals surface area contributed by atoms with Gasteiger partial charge in [-0.25, -0.2) is 4.39 Å². The summed E-state index contributed by atoms with van der Waals surface area (Å²) in [6.45, 7) is 0.250. The first-order valence-electron chi connectivity index (χ1n) is 6.02. The summed E-state index contributed by atoms with van der Waals surface area (Å²) in [4.78, 5) is 11.0. The molecule has 0 amide bonds. The molecule has 5 heteroatoms. The summed E-state index contributed by atoms with van der Waals surface area (Å²) in [5.74, 6) is -0.811. The topological polar surface area (TPSA) is 58.6 Å². The van der Waals surface area contributed by atoms with E-state index in [1.54, 1.807) is 12.1 Å². The number of halogens is 1. The van der Waals surface area contributed by atoms with Crippen LogP contribution in [0.1, 0.15) is 19.3 Å². The van der Waals surface area contributed by atoms with Crippen molar-refractivity contribution in [2.24, 2.45) is 0 Å². The first-order valence-corrected chi connectivity index (χ1v) is 6.02. The monoisotopic (exact) mass is 253 g/mol. The van der Waals surface area contributed by atoms with Crippen LogP contribution in [0.25, 0.3) is 0 Å². The van der Waals surface area contributed by atoms with Crippen molar-refractivity contribution in [1.29, 1.82) is 0 Å². The Hall–Kier alpha value is -1.62. The quantitative estimate of drug-likeness (QED) is 0.778. The van der Waals surface area contributed by atoms with Crippen LogP contribution in [0, 0.1) is 5.82 Å². The fourth-order valence-electron chi connectivity index (χ4n) is 1.66. The van der Waals surface area contributed by atoms with Crippen LogP contribution in [0.15, 0.2) is 24.3 Å². The van der Waals surface area contributed by atoms with E-state index in [-0.39, 0.29) is 12.4 Å². The van der Waals surface area contributed by atoms with Crippen molar-refractivity contribution in [2.45, 2.75) is 31.3 Å². The number of carboxylic acids is 1. The van der Waals surface area contributed by atoms with Gasteiger partial charge in [0.05, 0.1) is 6.61 Å². The lowest BCUT2D eigenvalue weighted by atomic mass is 10.2. The number of nitrogens with one attached hydrogen (secondary N) is 1. The molecule has 18 heavy (non-hydrogen) atoms. The molecule has 2 N–H and O–H groups in total. The number of rotatable bonds is 7. The summed E-state index contributed by atoms with van der Waals surface area (Å²) in [5.41, 5.74) is 0. The van der Waals surface area contributed by atoms with Crippen molar-refractivity contribution in [3.05, 3.63) is 30.1 Å². The number of carboxylic acid groups (broad SMARTS) is 1. The van der Waals surface area contributed by atoms with Gasteiger partial charge in [-0.1, -0.05) is 6.07 Å². The third-order valence-corrected chi connectivity index (χ3v) is 2.78. The molecule has 0 bridgehead atoms. The number of aliphatic carboxylic acids is 1. The lowest BCUT2D eigenvalue weighted by molar-refractivity contribution is -0.139. The lowest BCUT2D eigenvalue weighted by Crippen LogP contribution is -2.39. The molecular weight excluding hydrogens is 237 g/mol. The largest absolute Gasteiger partial charge is 0.493 e. The van der Waals surface area contributed by atoms with E-state index in [1.807, 2.05) is 0 Å². The van der Waals surface area contributed by atoms with Gasteiger partial charge in [0.15, 0.2) is 0 Å². The standard InChI is InChI=1S/C13H16FNO3/c14-9-2-1-3-11(8-9)18-7-6-12(13(16)17)15-10-4-5-10/h1-3,8,10,12,15H,4-7H2,(H,16,17). The molecule has 1 aliphatic carbocycles. The Kier molecular flexibility index (Phi) is 4.15. The fourth-order valence-corrected chi connectivity index (χ4v) is 1.66. The predicted molar refractivity (Wildman–Crippen MR) is 64.1 cm³/mol. The van der Waals surface area contributed by atoms with Crippen LogP contribution >= 0.6 is 0 Å². The fraction of sp³-hybridized carbons (Fsp3) is 0.462. The SMILES string of the molecule is O=C(O)C(CCOc1cccc(F)c1)NC1CC1. The van der Waals surface area contributed by atoms with E-state index in [1.165, 1.54) is 12.1 Å². The summed E-state index contributed by atoms with van der Waals surface area (Å²) >= 11 is 0. The number of hydrogen-bond acceptors (Lipinski definition) is 3. The molecule has 98 valence electrons. The molecule has 0 saturated heterocycles. The summed E-state index contributed by atoms with van der Waals surface area (Å²) < 4.78 is 18.2. The zero-order chi connectivity index (χ0) is 13.0. The molecule has 0 spiro atoms. The van der Waals surface area contributed by atoms with E-state index in [0.29, 0.717) is 18.2 Å². The smallest absolute Gasteiger partial charge is 0.320 e. The van der Waals surface area contributed by atoms with E-state index < -0.39 is 12.0 Å². The van der Waals surface area contributed by atoms with Crippen molar-refractivity contribution in [1.82, 2.24) is 5.32 Å². The lowest BCUT2D eigenvalue weighted by Gasteiger charge is -2.14. The highest BCUT2D eigenvalue weighted by molar-refractivity contribution is 5.73. The van der Waals surface area contributed by atoms with Crippen LogP contribution in [-0.2, 0) is 4.79 Å². The first kappa shape index (κ1) is 12.8. The molecule has 0 radical (unpaired) electrons. The molecule has 0 aliphatic heterocycles. The van der Waals surface area contributed by atoms with Gasteiger partial charge >= 0.3 is 5.97 Å². The van der Waals surface area contributed by atoms with Gasteiger partial charge in [0.25, 0.3) is 0 Å². The van der Waals surface area contributed by atoms with Gasteiger partial charge in [0.1, 0.15) is 17.6 Å². The van der Waals surface area contributed by atoms with Gasteiger partial charge in [-0.3, -0.25) is 4.79 Å². The predicted octanol–water partition coefficient (Wildman–Crippen LogP) is 1.80. The van der Waals surface area contributed by atoms with Crippen LogP contribution in [0.2, 0.25) is 0 Å². The molecule has 4 nitrogen and oxygen atoms in total. The van der Waals surface area contributed by atoms with Crippen molar-refractivity contribution in [3.8, 4) is 5.75 Å². The summed E-state index contributed by atoms with van der Waals surface area (Å²) in [6.07, 6.45) is 2.44. The molecule has 1 atom stereocenters. The number of carbonyl (C=O) groups is 1. The molecule has 1 fully saturated rings. The second-order valence-corrected chi connectivity index (χ2v) is 4.43. The minimum atomic E-state index is -0.871. The Morgan fingerprint density at radius 3 is 2.94 bits per heavy atom. The second kappa shape index (κ2) is 5.82. The van der Waals surface area contributed by atoms with Crippen LogP contribution in [0.5, 0.6) is 5.75 Å². The minimum Gasteiger partial charge on any atom is -0.493 e. The maximum absolute atomic E-state index is 12.9. The molecular formula is C13H16FNO3. The van der Waals surface area contributed by atoms with Gasteiger partial charge in [-0.2, -0.15) is 0 Å². The highest BCUT2D eigenvalue weighted by atomic mass is 19.1. The van der Waals surface area contributed by atoms with Crippen molar-refractivity contribution >= 4 is 5.97 Å². The molecule has 1 aromatic rings. The molecule has 0 aromatic heterocycles.